The predicted octanol–water partition coefficient (Wildman–Crippen LogP) is 5.82. The number of carboxylic acid groups (broad SMARTS) is 1. The number of rotatable bonds is 10. The first kappa shape index (κ1) is 20.7. The highest BCUT2D eigenvalue weighted by atomic mass is 16.6. The van der Waals surface area contributed by atoms with E-state index in [-0.39, 0.29) is 11.1 Å². The van der Waals surface area contributed by atoms with E-state index < -0.39 is 17.5 Å². The third kappa shape index (κ3) is 5.19. The number of aromatic carboxylic acids is 1. The van der Waals surface area contributed by atoms with Crippen LogP contribution in [-0.4, -0.2) is 17.0 Å². The van der Waals surface area contributed by atoms with Crippen molar-refractivity contribution in [3.8, 4) is 0 Å². The average Bonchev–Trinajstić information content (AvgIpc) is 2.70. The summed E-state index contributed by atoms with van der Waals surface area (Å²) in [5.41, 5.74) is 0.289. The van der Waals surface area contributed by atoms with Crippen molar-refractivity contribution in [2.75, 3.05) is 0 Å². The van der Waals surface area contributed by atoms with Crippen molar-refractivity contribution in [3.63, 3.8) is 0 Å². The van der Waals surface area contributed by atoms with E-state index in [4.69, 9.17) is 4.74 Å². The summed E-state index contributed by atoms with van der Waals surface area (Å²) in [6, 6.07) is 16.0. The minimum atomic E-state index is -1.13. The molecule has 0 saturated heterocycles. The topological polar surface area (TPSA) is 63.6 Å². The van der Waals surface area contributed by atoms with E-state index in [0.29, 0.717) is 12.8 Å². The zero-order chi connectivity index (χ0) is 19.7. The maximum Gasteiger partial charge on any atom is 0.339 e. The molecule has 0 radical (unpaired) electrons. The lowest BCUT2D eigenvalue weighted by Crippen LogP contribution is -2.33. The molecule has 0 saturated carbocycles. The molecule has 0 aliphatic heterocycles. The fraction of sp³-hybridized carbons (Fsp3) is 0.391. The minimum Gasteiger partial charge on any atom is -0.478 e. The lowest BCUT2D eigenvalue weighted by atomic mass is 9.83. The van der Waals surface area contributed by atoms with E-state index in [1.54, 1.807) is 12.1 Å². The summed E-state index contributed by atoms with van der Waals surface area (Å²) in [6.45, 7) is 4.22. The standard InChI is InChI=1S/C23H28O4/c1-3-5-16-23(17-6-4-2,18-12-8-7-9-13-18)27-22(26)20-15-11-10-14-19(20)21(24)25/h7-15H,3-6,16-17H2,1-2H3,(H,24,25). The number of hydrogen-bond acceptors (Lipinski definition) is 3. The van der Waals surface area contributed by atoms with Crippen LogP contribution in [0, 0.1) is 0 Å². The van der Waals surface area contributed by atoms with Gasteiger partial charge >= 0.3 is 11.9 Å². The first-order valence-corrected chi connectivity index (χ1v) is 9.65. The van der Waals surface area contributed by atoms with Crippen LogP contribution in [-0.2, 0) is 10.3 Å². The highest BCUT2D eigenvalue weighted by Crippen LogP contribution is 2.37. The Kier molecular flexibility index (Phi) is 7.59. The molecule has 27 heavy (non-hydrogen) atoms. The molecule has 0 aromatic heterocycles. The first-order chi connectivity index (χ1) is 13.0. The van der Waals surface area contributed by atoms with Crippen LogP contribution in [0.25, 0.3) is 0 Å². The highest BCUT2D eigenvalue weighted by molar-refractivity contribution is 6.02. The number of esters is 1. The third-order valence-corrected chi connectivity index (χ3v) is 4.83. The Balaban J connectivity index is 2.44. The molecule has 2 aromatic rings. The summed E-state index contributed by atoms with van der Waals surface area (Å²) in [4.78, 5) is 24.5. The molecule has 1 N–H and O–H groups in total. The molecular formula is C23H28O4. The molecular weight excluding hydrogens is 340 g/mol. The smallest absolute Gasteiger partial charge is 0.339 e. The zero-order valence-electron chi connectivity index (χ0n) is 16.1. The van der Waals surface area contributed by atoms with Crippen LogP contribution >= 0.6 is 0 Å². The highest BCUT2D eigenvalue weighted by Gasteiger charge is 2.36. The fourth-order valence-electron chi connectivity index (χ4n) is 3.32. The molecule has 2 aromatic carbocycles. The van der Waals surface area contributed by atoms with Crippen LogP contribution < -0.4 is 0 Å². The Morgan fingerprint density at radius 3 is 1.89 bits per heavy atom. The van der Waals surface area contributed by atoms with Crippen molar-refractivity contribution in [2.24, 2.45) is 0 Å². The SMILES string of the molecule is CCCCC(CCCC)(OC(=O)c1ccccc1C(=O)O)c1ccccc1. The summed E-state index contributed by atoms with van der Waals surface area (Å²) in [7, 11) is 0. The van der Waals surface area contributed by atoms with Gasteiger partial charge in [-0.25, -0.2) is 9.59 Å². The van der Waals surface area contributed by atoms with Crippen LogP contribution in [0.15, 0.2) is 54.6 Å². The van der Waals surface area contributed by atoms with Crippen molar-refractivity contribution in [1.82, 2.24) is 0 Å². The summed E-state index contributed by atoms with van der Waals surface area (Å²) in [6.07, 6.45) is 5.26. The predicted molar refractivity (Wildman–Crippen MR) is 106 cm³/mol. The zero-order valence-corrected chi connectivity index (χ0v) is 16.1. The number of carboxylic acids is 1. The molecule has 0 heterocycles. The van der Waals surface area contributed by atoms with Crippen LogP contribution in [0.1, 0.15) is 78.7 Å². The first-order valence-electron chi connectivity index (χ1n) is 9.65. The third-order valence-electron chi connectivity index (χ3n) is 4.83. The van der Waals surface area contributed by atoms with Crippen molar-refractivity contribution in [3.05, 3.63) is 71.3 Å². The van der Waals surface area contributed by atoms with Crippen molar-refractivity contribution in [1.29, 1.82) is 0 Å². The quantitative estimate of drug-likeness (QED) is 0.537. The molecule has 0 spiro atoms. The maximum atomic E-state index is 13.0. The summed E-state index contributed by atoms with van der Waals surface area (Å²) >= 11 is 0. The number of benzene rings is 2. The average molecular weight is 368 g/mol. The second-order valence-electron chi connectivity index (χ2n) is 6.81. The summed E-state index contributed by atoms with van der Waals surface area (Å²) in [5.74, 6) is -1.71. The molecule has 2 rings (SSSR count). The molecule has 0 unspecified atom stereocenters. The van der Waals surface area contributed by atoms with E-state index in [0.717, 1.165) is 31.2 Å². The van der Waals surface area contributed by atoms with Gasteiger partial charge in [-0.3, -0.25) is 0 Å². The number of ether oxygens (including phenoxy) is 1. The molecule has 4 nitrogen and oxygen atoms in total. The number of carbonyl (C=O) groups excluding carboxylic acids is 1. The van der Waals surface area contributed by atoms with Crippen LogP contribution in [0.3, 0.4) is 0 Å². The van der Waals surface area contributed by atoms with Crippen LogP contribution in [0.2, 0.25) is 0 Å². The van der Waals surface area contributed by atoms with Gasteiger partial charge < -0.3 is 9.84 Å². The fourth-order valence-corrected chi connectivity index (χ4v) is 3.32. The van der Waals surface area contributed by atoms with Crippen LogP contribution in [0.4, 0.5) is 0 Å². The molecule has 0 bridgehead atoms. The Bertz CT molecular complexity index is 744. The van der Waals surface area contributed by atoms with E-state index in [2.05, 4.69) is 13.8 Å². The Morgan fingerprint density at radius 1 is 0.852 bits per heavy atom. The van der Waals surface area contributed by atoms with Crippen LogP contribution in [0.5, 0.6) is 0 Å². The molecule has 4 heteroatoms. The van der Waals surface area contributed by atoms with Gasteiger partial charge in [-0.05, 0) is 43.4 Å². The molecule has 0 amide bonds. The Labute approximate surface area is 161 Å². The molecule has 0 atom stereocenters. The van der Waals surface area contributed by atoms with Gasteiger partial charge in [0.25, 0.3) is 0 Å². The van der Waals surface area contributed by atoms with E-state index in [1.807, 2.05) is 30.3 Å². The number of carbonyl (C=O) groups is 2. The van der Waals surface area contributed by atoms with Crippen molar-refractivity contribution in [2.45, 2.75) is 58.0 Å². The van der Waals surface area contributed by atoms with Crippen molar-refractivity contribution >= 4 is 11.9 Å². The number of unbranched alkanes of at least 4 members (excludes halogenated alkanes) is 2. The van der Waals surface area contributed by atoms with Gasteiger partial charge in [-0.2, -0.15) is 0 Å². The Hall–Kier alpha value is -2.62. The lowest BCUT2D eigenvalue weighted by Gasteiger charge is -2.34. The molecule has 0 aliphatic rings. The normalized spacial score (nSPS) is 11.2. The minimum absolute atomic E-state index is 0.0320. The second-order valence-corrected chi connectivity index (χ2v) is 6.81. The Morgan fingerprint density at radius 2 is 1.37 bits per heavy atom. The van der Waals surface area contributed by atoms with E-state index >= 15 is 0 Å². The summed E-state index contributed by atoms with van der Waals surface area (Å²) in [5, 5.41) is 9.40. The molecule has 144 valence electrons. The van der Waals surface area contributed by atoms with Gasteiger partial charge in [-0.1, -0.05) is 69.2 Å². The monoisotopic (exact) mass is 368 g/mol. The number of hydrogen-bond donors (Lipinski definition) is 1. The maximum absolute atomic E-state index is 13.0. The lowest BCUT2D eigenvalue weighted by molar-refractivity contribution is -0.0337. The van der Waals surface area contributed by atoms with Crippen molar-refractivity contribution < 1.29 is 19.4 Å². The van der Waals surface area contributed by atoms with Gasteiger partial charge in [0.15, 0.2) is 0 Å². The molecule has 0 fully saturated rings. The second kappa shape index (κ2) is 9.91. The van der Waals surface area contributed by atoms with Gasteiger partial charge in [0.2, 0.25) is 0 Å². The summed E-state index contributed by atoms with van der Waals surface area (Å²) < 4.78 is 6.10. The molecule has 0 aliphatic carbocycles. The van der Waals surface area contributed by atoms with Gasteiger partial charge in [-0.15, -0.1) is 0 Å². The van der Waals surface area contributed by atoms with E-state index in [9.17, 15) is 14.7 Å². The van der Waals surface area contributed by atoms with Gasteiger partial charge in [0, 0.05) is 0 Å². The van der Waals surface area contributed by atoms with E-state index in [1.165, 1.54) is 12.1 Å². The van der Waals surface area contributed by atoms with Gasteiger partial charge in [0.1, 0.15) is 5.60 Å². The largest absolute Gasteiger partial charge is 0.478 e. The van der Waals surface area contributed by atoms with Gasteiger partial charge in [0.05, 0.1) is 11.1 Å².